The number of halogens is 2. The number of piperazine rings is 1. The molecule has 1 N–H and O–H groups in total. The number of hydrogen-bond donors (Lipinski definition) is 1. The number of nitrogens with one attached hydrogen (secondary N) is 1. The molecule has 1 aromatic heterocycles. The molecule has 29 heavy (non-hydrogen) atoms. The van der Waals surface area contributed by atoms with Crippen LogP contribution in [0.25, 0.3) is 10.9 Å². The maximum absolute atomic E-state index is 12.7. The third-order valence-electron chi connectivity index (χ3n) is 5.35. The summed E-state index contributed by atoms with van der Waals surface area (Å²) in [6, 6.07) is 11.0. The van der Waals surface area contributed by atoms with Gasteiger partial charge in [0.15, 0.2) is 5.82 Å². The van der Waals surface area contributed by atoms with E-state index in [0.29, 0.717) is 22.2 Å². The average molecular weight is 432 g/mol. The van der Waals surface area contributed by atoms with E-state index in [1.54, 1.807) is 12.1 Å². The van der Waals surface area contributed by atoms with Crippen molar-refractivity contribution >= 4 is 45.8 Å². The lowest BCUT2D eigenvalue weighted by molar-refractivity contribution is 0.0951. The zero-order chi connectivity index (χ0) is 20.5. The van der Waals surface area contributed by atoms with Crippen LogP contribution in [0.15, 0.2) is 36.4 Å². The van der Waals surface area contributed by atoms with Gasteiger partial charge in [0.25, 0.3) is 5.91 Å². The summed E-state index contributed by atoms with van der Waals surface area (Å²) < 4.78 is 1.84. The number of carbonyl (C=O) groups excluding carboxylic acids is 1. The fourth-order valence-corrected chi connectivity index (χ4v) is 4.05. The fraction of sp³-hybridized carbons (Fsp3) is 0.333. The first-order valence-corrected chi connectivity index (χ1v) is 10.3. The number of nitrogens with zero attached hydrogens (tertiary/aromatic N) is 4. The highest BCUT2D eigenvalue weighted by molar-refractivity contribution is 6.35. The molecule has 0 aliphatic carbocycles. The standard InChI is InChI=1S/C21H23Cl2N5O/c1-26-7-9-28(10-8-26)20-17-6-4-14(11-19(17)27(2)25-20)21(29)24-13-15-3-5-16(22)12-18(15)23/h3-6,11-12H,7-10,13H2,1-2H3,(H,24,29). The van der Waals surface area contributed by atoms with Gasteiger partial charge in [-0.05, 0) is 42.9 Å². The SMILES string of the molecule is CN1CCN(c2nn(C)c3cc(C(=O)NCc4ccc(Cl)cc4Cl)ccc23)CC1. The van der Waals surface area contributed by atoms with Crippen molar-refractivity contribution in [1.82, 2.24) is 20.0 Å². The molecule has 0 unspecified atom stereocenters. The Hall–Kier alpha value is -2.28. The second kappa shape index (κ2) is 8.22. The molecule has 1 saturated heterocycles. The van der Waals surface area contributed by atoms with E-state index in [9.17, 15) is 4.79 Å². The van der Waals surface area contributed by atoms with Gasteiger partial charge in [-0.2, -0.15) is 5.10 Å². The Bertz CT molecular complexity index is 1060. The number of aromatic nitrogens is 2. The Morgan fingerprint density at radius 3 is 2.55 bits per heavy atom. The van der Waals surface area contributed by atoms with E-state index >= 15 is 0 Å². The smallest absolute Gasteiger partial charge is 0.251 e. The number of rotatable bonds is 4. The van der Waals surface area contributed by atoms with Crippen molar-refractivity contribution in [3.8, 4) is 0 Å². The monoisotopic (exact) mass is 431 g/mol. The lowest BCUT2D eigenvalue weighted by Gasteiger charge is -2.32. The van der Waals surface area contributed by atoms with Crippen LogP contribution in [0.3, 0.4) is 0 Å². The highest BCUT2D eigenvalue weighted by atomic mass is 35.5. The number of fused-ring (bicyclic) bond motifs is 1. The van der Waals surface area contributed by atoms with Gasteiger partial charge in [0, 0.05) is 60.8 Å². The quantitative estimate of drug-likeness (QED) is 0.685. The van der Waals surface area contributed by atoms with Crippen molar-refractivity contribution in [2.24, 2.45) is 7.05 Å². The number of hydrogen-bond acceptors (Lipinski definition) is 4. The van der Waals surface area contributed by atoms with Gasteiger partial charge < -0.3 is 15.1 Å². The fourth-order valence-electron chi connectivity index (χ4n) is 3.57. The van der Waals surface area contributed by atoms with Gasteiger partial charge in [-0.15, -0.1) is 0 Å². The molecular weight excluding hydrogens is 409 g/mol. The Morgan fingerprint density at radius 2 is 1.83 bits per heavy atom. The van der Waals surface area contributed by atoms with E-state index < -0.39 is 0 Å². The van der Waals surface area contributed by atoms with Crippen LogP contribution in [0.4, 0.5) is 5.82 Å². The summed E-state index contributed by atoms with van der Waals surface area (Å²) in [6.07, 6.45) is 0. The van der Waals surface area contributed by atoms with E-state index in [1.807, 2.05) is 36.0 Å². The van der Waals surface area contributed by atoms with Crippen LogP contribution in [-0.2, 0) is 13.6 Å². The molecule has 1 aliphatic rings. The van der Waals surface area contributed by atoms with Crippen molar-refractivity contribution in [3.05, 3.63) is 57.6 Å². The Balaban J connectivity index is 1.52. The predicted octanol–water partition coefficient (Wildman–Crippen LogP) is 3.56. The van der Waals surface area contributed by atoms with Crippen molar-refractivity contribution in [3.63, 3.8) is 0 Å². The Labute approximate surface area is 180 Å². The third-order valence-corrected chi connectivity index (χ3v) is 5.94. The minimum absolute atomic E-state index is 0.153. The summed E-state index contributed by atoms with van der Waals surface area (Å²) in [5.74, 6) is 0.829. The van der Waals surface area contributed by atoms with Gasteiger partial charge >= 0.3 is 0 Å². The Morgan fingerprint density at radius 1 is 1.07 bits per heavy atom. The predicted molar refractivity (Wildman–Crippen MR) is 118 cm³/mol. The van der Waals surface area contributed by atoms with Gasteiger partial charge in [0.05, 0.1) is 5.52 Å². The van der Waals surface area contributed by atoms with Crippen molar-refractivity contribution < 1.29 is 4.79 Å². The molecule has 3 aromatic rings. The number of carbonyl (C=O) groups is 1. The summed E-state index contributed by atoms with van der Waals surface area (Å²) in [4.78, 5) is 17.3. The van der Waals surface area contributed by atoms with E-state index in [4.69, 9.17) is 28.3 Å². The number of amides is 1. The number of benzene rings is 2. The second-order valence-electron chi connectivity index (χ2n) is 7.39. The van der Waals surface area contributed by atoms with Gasteiger partial charge in [0.2, 0.25) is 0 Å². The highest BCUT2D eigenvalue weighted by Crippen LogP contribution is 2.27. The summed E-state index contributed by atoms with van der Waals surface area (Å²) in [5.41, 5.74) is 2.36. The largest absolute Gasteiger partial charge is 0.352 e. The van der Waals surface area contributed by atoms with Gasteiger partial charge in [-0.3, -0.25) is 9.48 Å². The van der Waals surface area contributed by atoms with Crippen LogP contribution in [0.2, 0.25) is 10.0 Å². The molecule has 2 heterocycles. The minimum Gasteiger partial charge on any atom is -0.352 e. The molecule has 0 atom stereocenters. The molecule has 8 heteroatoms. The molecule has 0 saturated carbocycles. The molecule has 0 spiro atoms. The normalized spacial score (nSPS) is 15.1. The molecule has 1 amide bonds. The van der Waals surface area contributed by atoms with Crippen LogP contribution in [0.5, 0.6) is 0 Å². The van der Waals surface area contributed by atoms with Crippen molar-refractivity contribution in [2.75, 3.05) is 38.1 Å². The molecule has 4 rings (SSSR count). The minimum atomic E-state index is -0.153. The zero-order valence-corrected chi connectivity index (χ0v) is 18.0. The molecule has 1 aliphatic heterocycles. The van der Waals surface area contributed by atoms with Crippen molar-refractivity contribution in [1.29, 1.82) is 0 Å². The summed E-state index contributed by atoms with van der Waals surface area (Å²) >= 11 is 12.1. The van der Waals surface area contributed by atoms with E-state index in [2.05, 4.69) is 22.2 Å². The van der Waals surface area contributed by atoms with Crippen LogP contribution in [0.1, 0.15) is 15.9 Å². The van der Waals surface area contributed by atoms with Crippen LogP contribution >= 0.6 is 23.2 Å². The van der Waals surface area contributed by atoms with Gasteiger partial charge in [-0.25, -0.2) is 0 Å². The summed E-state index contributed by atoms with van der Waals surface area (Å²) in [6.45, 7) is 4.28. The van der Waals surface area contributed by atoms with E-state index in [-0.39, 0.29) is 5.91 Å². The first-order chi connectivity index (χ1) is 13.9. The Kier molecular flexibility index (Phi) is 5.67. The van der Waals surface area contributed by atoms with Gasteiger partial charge in [0.1, 0.15) is 0 Å². The second-order valence-corrected chi connectivity index (χ2v) is 8.23. The summed E-state index contributed by atoms with van der Waals surface area (Å²) in [5, 5.41) is 9.81. The molecule has 0 radical (unpaired) electrons. The molecule has 1 fully saturated rings. The molecule has 0 bridgehead atoms. The number of likely N-dealkylation sites (N-methyl/N-ethyl adjacent to an activating group) is 1. The number of aryl methyl sites for hydroxylation is 1. The van der Waals surface area contributed by atoms with E-state index in [1.165, 1.54) is 0 Å². The van der Waals surface area contributed by atoms with E-state index in [0.717, 1.165) is 48.5 Å². The first-order valence-electron chi connectivity index (χ1n) is 9.55. The van der Waals surface area contributed by atoms with Crippen LogP contribution < -0.4 is 10.2 Å². The third kappa shape index (κ3) is 4.20. The lowest BCUT2D eigenvalue weighted by atomic mass is 10.1. The maximum atomic E-state index is 12.7. The molecule has 2 aromatic carbocycles. The molecular formula is C21H23Cl2N5O. The highest BCUT2D eigenvalue weighted by Gasteiger charge is 2.20. The molecule has 152 valence electrons. The van der Waals surface area contributed by atoms with Crippen LogP contribution in [0, 0.1) is 0 Å². The van der Waals surface area contributed by atoms with Gasteiger partial charge in [-0.1, -0.05) is 29.3 Å². The van der Waals surface area contributed by atoms with Crippen molar-refractivity contribution in [2.45, 2.75) is 6.54 Å². The maximum Gasteiger partial charge on any atom is 0.251 e. The molecule has 6 nitrogen and oxygen atoms in total. The van der Waals surface area contributed by atoms with Crippen LogP contribution in [-0.4, -0.2) is 53.8 Å². The number of anilines is 1. The first kappa shape index (κ1) is 20.0. The zero-order valence-electron chi connectivity index (χ0n) is 16.5. The lowest BCUT2D eigenvalue weighted by Crippen LogP contribution is -2.44. The summed E-state index contributed by atoms with van der Waals surface area (Å²) in [7, 11) is 4.05. The average Bonchev–Trinajstić information content (AvgIpc) is 3.04. The topological polar surface area (TPSA) is 53.4 Å².